The van der Waals surface area contributed by atoms with Crippen molar-refractivity contribution in [3.8, 4) is 5.75 Å². The van der Waals surface area contributed by atoms with Crippen molar-refractivity contribution >= 4 is 17.2 Å². The van der Waals surface area contributed by atoms with Crippen molar-refractivity contribution in [2.45, 2.75) is 26.2 Å². The standard InChI is InChI=1S/C19H19N3O3/c1-19(2,3)12-7-8-15(23)14(10-12)21-17(24)13-11-20-16-6-4-5-9-22(16)18(13)25/h4-11,23H,1-3H3,(H,21,24). The molecule has 0 fully saturated rings. The minimum atomic E-state index is -0.614. The molecule has 0 aliphatic carbocycles. The number of aromatic nitrogens is 2. The minimum Gasteiger partial charge on any atom is -0.506 e. The Morgan fingerprint density at radius 3 is 2.68 bits per heavy atom. The Kier molecular flexibility index (Phi) is 4.04. The van der Waals surface area contributed by atoms with Gasteiger partial charge >= 0.3 is 0 Å². The van der Waals surface area contributed by atoms with Gasteiger partial charge in [0.25, 0.3) is 11.5 Å². The second-order valence-electron chi connectivity index (χ2n) is 6.84. The number of phenolic OH excluding ortho intramolecular Hbond substituents is 1. The number of hydrogen-bond donors (Lipinski definition) is 2. The third-order valence-corrected chi connectivity index (χ3v) is 3.97. The SMILES string of the molecule is CC(C)(C)c1ccc(O)c(NC(=O)c2cnc3ccccn3c2=O)c1. The van der Waals surface area contributed by atoms with Crippen molar-refractivity contribution in [3.63, 3.8) is 0 Å². The minimum absolute atomic E-state index is 0.0600. The second kappa shape index (κ2) is 6.05. The molecule has 0 spiro atoms. The number of nitrogens with one attached hydrogen (secondary N) is 1. The fraction of sp³-hybridized carbons (Fsp3) is 0.211. The molecule has 2 heterocycles. The summed E-state index contributed by atoms with van der Waals surface area (Å²) >= 11 is 0. The lowest BCUT2D eigenvalue weighted by Crippen LogP contribution is -2.26. The number of benzene rings is 1. The second-order valence-corrected chi connectivity index (χ2v) is 6.84. The molecule has 3 aromatic rings. The highest BCUT2D eigenvalue weighted by Gasteiger charge is 2.18. The van der Waals surface area contributed by atoms with Gasteiger partial charge in [0.1, 0.15) is 17.0 Å². The largest absolute Gasteiger partial charge is 0.506 e. The summed E-state index contributed by atoms with van der Waals surface area (Å²) in [7, 11) is 0. The van der Waals surface area contributed by atoms with Gasteiger partial charge in [0.15, 0.2) is 0 Å². The van der Waals surface area contributed by atoms with E-state index in [1.807, 2.05) is 20.8 Å². The maximum atomic E-state index is 12.5. The number of phenols is 1. The van der Waals surface area contributed by atoms with Crippen LogP contribution in [0.5, 0.6) is 5.75 Å². The zero-order valence-electron chi connectivity index (χ0n) is 14.3. The Morgan fingerprint density at radius 2 is 1.96 bits per heavy atom. The van der Waals surface area contributed by atoms with Gasteiger partial charge in [-0.3, -0.25) is 14.0 Å². The molecule has 2 aromatic heterocycles. The molecule has 0 aliphatic rings. The highest BCUT2D eigenvalue weighted by molar-refractivity contribution is 6.04. The molecule has 0 saturated carbocycles. The smallest absolute Gasteiger partial charge is 0.270 e. The molecule has 1 aromatic carbocycles. The van der Waals surface area contributed by atoms with Crippen LogP contribution in [0.25, 0.3) is 5.65 Å². The molecule has 6 nitrogen and oxygen atoms in total. The van der Waals surface area contributed by atoms with E-state index >= 15 is 0 Å². The van der Waals surface area contributed by atoms with E-state index in [0.29, 0.717) is 5.65 Å². The Hall–Kier alpha value is -3.15. The van der Waals surface area contributed by atoms with E-state index in [1.165, 1.54) is 16.7 Å². The van der Waals surface area contributed by atoms with Crippen LogP contribution in [-0.2, 0) is 5.41 Å². The van der Waals surface area contributed by atoms with Crippen molar-refractivity contribution in [1.82, 2.24) is 9.38 Å². The lowest BCUT2D eigenvalue weighted by Gasteiger charge is -2.20. The molecule has 0 radical (unpaired) electrons. The number of aromatic hydroxyl groups is 1. The molecule has 25 heavy (non-hydrogen) atoms. The molecule has 3 rings (SSSR count). The Balaban J connectivity index is 1.98. The van der Waals surface area contributed by atoms with Crippen molar-refractivity contribution in [2.24, 2.45) is 0 Å². The number of anilines is 1. The summed E-state index contributed by atoms with van der Waals surface area (Å²) in [5, 5.41) is 12.6. The van der Waals surface area contributed by atoms with Crippen molar-refractivity contribution < 1.29 is 9.90 Å². The predicted octanol–water partition coefficient (Wildman–Crippen LogP) is 2.95. The average Bonchev–Trinajstić information content (AvgIpc) is 2.56. The topological polar surface area (TPSA) is 83.7 Å². The highest BCUT2D eigenvalue weighted by atomic mass is 16.3. The molecule has 2 N–H and O–H groups in total. The van der Waals surface area contributed by atoms with E-state index in [9.17, 15) is 14.7 Å². The van der Waals surface area contributed by atoms with Gasteiger partial charge in [-0.25, -0.2) is 4.98 Å². The summed E-state index contributed by atoms with van der Waals surface area (Å²) in [6.45, 7) is 6.10. The van der Waals surface area contributed by atoms with Crippen LogP contribution in [-0.4, -0.2) is 20.4 Å². The van der Waals surface area contributed by atoms with E-state index in [-0.39, 0.29) is 22.4 Å². The van der Waals surface area contributed by atoms with E-state index < -0.39 is 11.5 Å². The van der Waals surface area contributed by atoms with Gasteiger partial charge in [0.2, 0.25) is 0 Å². The van der Waals surface area contributed by atoms with Crippen LogP contribution in [0.4, 0.5) is 5.69 Å². The first-order chi connectivity index (χ1) is 11.8. The fourth-order valence-electron chi connectivity index (χ4n) is 2.47. The summed E-state index contributed by atoms with van der Waals surface area (Å²) in [5.74, 6) is -0.674. The summed E-state index contributed by atoms with van der Waals surface area (Å²) in [5.41, 5.74) is 0.974. The third-order valence-electron chi connectivity index (χ3n) is 3.97. The molecule has 0 atom stereocenters. The fourth-order valence-corrected chi connectivity index (χ4v) is 2.47. The van der Waals surface area contributed by atoms with Crippen molar-refractivity contribution in [1.29, 1.82) is 0 Å². The predicted molar refractivity (Wildman–Crippen MR) is 96.2 cm³/mol. The number of carbonyl (C=O) groups is 1. The number of amides is 1. The Bertz CT molecular complexity index is 1020. The number of pyridine rings is 1. The van der Waals surface area contributed by atoms with Crippen LogP contribution in [0.1, 0.15) is 36.7 Å². The maximum absolute atomic E-state index is 12.5. The summed E-state index contributed by atoms with van der Waals surface area (Å²) in [4.78, 5) is 29.1. The summed E-state index contributed by atoms with van der Waals surface area (Å²) in [6, 6.07) is 10.2. The van der Waals surface area contributed by atoms with E-state index in [0.717, 1.165) is 5.56 Å². The summed E-state index contributed by atoms with van der Waals surface area (Å²) in [6.07, 6.45) is 2.80. The van der Waals surface area contributed by atoms with Crippen LogP contribution in [0.2, 0.25) is 0 Å². The average molecular weight is 337 g/mol. The van der Waals surface area contributed by atoms with Crippen LogP contribution in [0, 0.1) is 0 Å². The van der Waals surface area contributed by atoms with Gasteiger partial charge in [-0.05, 0) is 35.2 Å². The van der Waals surface area contributed by atoms with Crippen LogP contribution in [0.15, 0.2) is 53.6 Å². The monoisotopic (exact) mass is 337 g/mol. The Labute approximate surface area is 144 Å². The maximum Gasteiger partial charge on any atom is 0.270 e. The molecular formula is C19H19N3O3. The molecule has 0 bridgehead atoms. The van der Waals surface area contributed by atoms with Gasteiger partial charge in [0.05, 0.1) is 5.69 Å². The summed E-state index contributed by atoms with van der Waals surface area (Å²) < 4.78 is 1.31. The van der Waals surface area contributed by atoms with Crippen LogP contribution >= 0.6 is 0 Å². The number of rotatable bonds is 2. The molecule has 0 saturated heterocycles. The number of fused-ring (bicyclic) bond motifs is 1. The van der Waals surface area contributed by atoms with E-state index in [1.54, 1.807) is 36.5 Å². The lowest BCUT2D eigenvalue weighted by atomic mass is 9.87. The zero-order chi connectivity index (χ0) is 18.2. The van der Waals surface area contributed by atoms with E-state index in [4.69, 9.17) is 0 Å². The number of nitrogens with zero attached hydrogens (tertiary/aromatic N) is 2. The van der Waals surface area contributed by atoms with Gasteiger partial charge < -0.3 is 10.4 Å². The van der Waals surface area contributed by atoms with Crippen LogP contribution in [0.3, 0.4) is 0 Å². The highest BCUT2D eigenvalue weighted by Crippen LogP contribution is 2.30. The van der Waals surface area contributed by atoms with Gasteiger partial charge in [-0.15, -0.1) is 0 Å². The lowest BCUT2D eigenvalue weighted by molar-refractivity contribution is 0.102. The van der Waals surface area contributed by atoms with Gasteiger partial charge in [0, 0.05) is 12.4 Å². The molecule has 128 valence electrons. The van der Waals surface area contributed by atoms with Gasteiger partial charge in [-0.2, -0.15) is 0 Å². The molecule has 0 aliphatic heterocycles. The first kappa shape index (κ1) is 16.7. The molecule has 1 amide bonds. The van der Waals surface area contributed by atoms with Gasteiger partial charge in [-0.1, -0.05) is 32.9 Å². The molecule has 6 heteroatoms. The van der Waals surface area contributed by atoms with E-state index in [2.05, 4.69) is 10.3 Å². The van der Waals surface area contributed by atoms with Crippen molar-refractivity contribution in [3.05, 3.63) is 70.3 Å². The molecular weight excluding hydrogens is 318 g/mol. The number of carbonyl (C=O) groups excluding carboxylic acids is 1. The normalized spacial score (nSPS) is 11.5. The third kappa shape index (κ3) is 3.24. The Morgan fingerprint density at radius 1 is 1.20 bits per heavy atom. The van der Waals surface area contributed by atoms with Crippen molar-refractivity contribution in [2.75, 3.05) is 5.32 Å². The number of hydrogen-bond acceptors (Lipinski definition) is 4. The molecule has 0 unspecified atom stereocenters. The zero-order valence-corrected chi connectivity index (χ0v) is 14.3. The first-order valence-electron chi connectivity index (χ1n) is 7.88. The quantitative estimate of drug-likeness (QED) is 0.704. The first-order valence-corrected chi connectivity index (χ1v) is 7.88. The van der Waals surface area contributed by atoms with Crippen LogP contribution < -0.4 is 10.9 Å².